The molecule has 0 aromatic carbocycles. The molecule has 0 fully saturated rings. The predicted molar refractivity (Wildman–Crippen MR) is 63.2 cm³/mol. The summed E-state index contributed by atoms with van der Waals surface area (Å²) in [5, 5.41) is 7.00. The van der Waals surface area contributed by atoms with Crippen LogP contribution in [0.2, 0.25) is 0 Å². The van der Waals surface area contributed by atoms with E-state index in [1.54, 1.807) is 0 Å². The summed E-state index contributed by atoms with van der Waals surface area (Å²) in [5.41, 5.74) is 0. The lowest BCUT2D eigenvalue weighted by Gasteiger charge is -2.12. The monoisotopic (exact) mass is 241 g/mol. The van der Waals surface area contributed by atoms with E-state index in [-0.39, 0.29) is 11.8 Å². The lowest BCUT2D eigenvalue weighted by molar-refractivity contribution is -0.136. The first-order chi connectivity index (χ1) is 8.25. The van der Waals surface area contributed by atoms with Gasteiger partial charge in [-0.15, -0.1) is 0 Å². The number of hydrogen-bond donors (Lipinski definition) is 1. The molecule has 0 saturated heterocycles. The van der Waals surface area contributed by atoms with Crippen molar-refractivity contribution >= 4 is 18.1 Å². The molecule has 0 aromatic heterocycles. The van der Waals surface area contributed by atoms with Crippen molar-refractivity contribution in [1.29, 1.82) is 0 Å². The molecule has 0 unspecified atom stereocenters. The first kappa shape index (κ1) is 15.5. The average Bonchev–Trinajstić information content (AvgIpc) is 2.67. The van der Waals surface area contributed by atoms with Crippen LogP contribution in [0.4, 0.5) is 0 Å². The number of rotatable bonds is 7. The second-order valence-electron chi connectivity index (χ2n) is 3.53. The molecule has 96 valence electrons. The predicted octanol–water partition coefficient (Wildman–Crippen LogP) is 0.669. The Bertz CT molecular complexity index is 268. The fourth-order valence-corrected chi connectivity index (χ4v) is 1.50. The highest BCUT2D eigenvalue weighted by Gasteiger charge is 2.21. The van der Waals surface area contributed by atoms with E-state index in [0.717, 1.165) is 39.1 Å². The Kier molecular flexibility index (Phi) is 8.86. The summed E-state index contributed by atoms with van der Waals surface area (Å²) in [6.45, 7) is 0.492. The zero-order valence-electron chi connectivity index (χ0n) is 10.1. The van der Waals surface area contributed by atoms with Crippen molar-refractivity contribution in [3.8, 4) is 0 Å². The first-order valence-electron chi connectivity index (χ1n) is 5.67. The molecule has 1 heterocycles. The van der Waals surface area contributed by atoms with E-state index in [1.165, 1.54) is 17.1 Å². The summed E-state index contributed by atoms with van der Waals surface area (Å²) >= 11 is 0. The van der Waals surface area contributed by atoms with Crippen LogP contribution in [0.25, 0.3) is 0 Å². The quantitative estimate of drug-likeness (QED) is 0.404. The highest BCUT2D eigenvalue weighted by atomic mass is 16.2. The maximum atomic E-state index is 11.1. The number of nitrogens with zero attached hydrogens (tertiary/aromatic N) is 1. The van der Waals surface area contributed by atoms with Gasteiger partial charge in [0.25, 0.3) is 11.8 Å². The minimum absolute atomic E-state index is 0.215. The van der Waals surface area contributed by atoms with Gasteiger partial charge in [0.05, 0.1) is 0 Å². The molecular formula is C12H19NO4. The Labute approximate surface area is 101 Å². The molecule has 0 saturated carbocycles. The summed E-state index contributed by atoms with van der Waals surface area (Å²) < 4.78 is 0. The van der Waals surface area contributed by atoms with Crippen LogP contribution in [0, 0.1) is 0 Å². The van der Waals surface area contributed by atoms with E-state index in [9.17, 15) is 14.4 Å². The van der Waals surface area contributed by atoms with Gasteiger partial charge in [-0.25, -0.2) is 0 Å². The SMILES string of the molecule is CO.O=CCCCCCCN1C(=O)C=CC1=O. The third kappa shape index (κ3) is 5.97. The number of amides is 2. The maximum absolute atomic E-state index is 11.1. The zero-order chi connectivity index (χ0) is 13.1. The summed E-state index contributed by atoms with van der Waals surface area (Å²) in [4.78, 5) is 33.5. The number of aliphatic hydroxyl groups excluding tert-OH is 1. The van der Waals surface area contributed by atoms with Gasteiger partial charge in [-0.2, -0.15) is 0 Å². The largest absolute Gasteiger partial charge is 0.400 e. The van der Waals surface area contributed by atoms with Crippen LogP contribution < -0.4 is 0 Å². The van der Waals surface area contributed by atoms with E-state index in [1.807, 2.05) is 0 Å². The molecule has 0 bridgehead atoms. The van der Waals surface area contributed by atoms with Gasteiger partial charge in [0, 0.05) is 32.2 Å². The van der Waals surface area contributed by atoms with Gasteiger partial charge in [0.15, 0.2) is 0 Å². The van der Waals surface area contributed by atoms with Crippen molar-refractivity contribution in [3.05, 3.63) is 12.2 Å². The Morgan fingerprint density at radius 3 is 2.12 bits per heavy atom. The lowest BCUT2D eigenvalue weighted by atomic mass is 10.1. The van der Waals surface area contributed by atoms with Crippen molar-refractivity contribution in [2.75, 3.05) is 13.7 Å². The standard InChI is InChI=1S/C11H15NO3.CH4O/c13-9-5-3-1-2-4-8-12-10(14)6-7-11(12)15;1-2/h6-7,9H,1-5,8H2;2H,1H3. The Balaban J connectivity index is 0.00000121. The van der Waals surface area contributed by atoms with E-state index >= 15 is 0 Å². The van der Waals surface area contributed by atoms with Crippen molar-refractivity contribution in [3.63, 3.8) is 0 Å². The van der Waals surface area contributed by atoms with Crippen LogP contribution in [0.5, 0.6) is 0 Å². The van der Waals surface area contributed by atoms with Gasteiger partial charge in [-0.05, 0) is 12.8 Å². The second kappa shape index (κ2) is 9.72. The lowest BCUT2D eigenvalue weighted by Crippen LogP contribution is -2.30. The second-order valence-corrected chi connectivity index (χ2v) is 3.53. The van der Waals surface area contributed by atoms with Crippen LogP contribution in [0.1, 0.15) is 32.1 Å². The molecule has 1 N–H and O–H groups in total. The minimum Gasteiger partial charge on any atom is -0.400 e. The summed E-state index contributed by atoms with van der Waals surface area (Å²) in [6, 6.07) is 0. The van der Waals surface area contributed by atoms with Crippen LogP contribution in [0.3, 0.4) is 0 Å². The van der Waals surface area contributed by atoms with E-state index in [2.05, 4.69) is 0 Å². The molecule has 1 aliphatic rings. The molecule has 5 heteroatoms. The molecule has 17 heavy (non-hydrogen) atoms. The highest BCUT2D eigenvalue weighted by molar-refractivity contribution is 6.12. The molecular weight excluding hydrogens is 222 g/mol. The third-order valence-corrected chi connectivity index (χ3v) is 2.35. The molecule has 0 radical (unpaired) electrons. The average molecular weight is 241 g/mol. The van der Waals surface area contributed by atoms with Crippen molar-refractivity contribution in [2.24, 2.45) is 0 Å². The molecule has 0 atom stereocenters. The van der Waals surface area contributed by atoms with Gasteiger partial charge in [0.2, 0.25) is 0 Å². The van der Waals surface area contributed by atoms with Crippen molar-refractivity contribution in [2.45, 2.75) is 32.1 Å². The van der Waals surface area contributed by atoms with Gasteiger partial charge in [-0.1, -0.05) is 12.8 Å². The van der Waals surface area contributed by atoms with Gasteiger partial charge >= 0.3 is 0 Å². The number of imide groups is 1. The minimum atomic E-state index is -0.215. The molecule has 2 amide bonds. The van der Waals surface area contributed by atoms with Crippen LogP contribution in [-0.4, -0.2) is 41.8 Å². The molecule has 1 rings (SSSR count). The first-order valence-corrected chi connectivity index (χ1v) is 5.67. The van der Waals surface area contributed by atoms with Crippen LogP contribution >= 0.6 is 0 Å². The molecule has 0 aliphatic carbocycles. The third-order valence-electron chi connectivity index (χ3n) is 2.35. The number of hydrogen-bond acceptors (Lipinski definition) is 4. The van der Waals surface area contributed by atoms with Gasteiger partial charge < -0.3 is 9.90 Å². The smallest absolute Gasteiger partial charge is 0.253 e. The van der Waals surface area contributed by atoms with E-state index < -0.39 is 0 Å². The van der Waals surface area contributed by atoms with Crippen LogP contribution in [-0.2, 0) is 14.4 Å². The van der Waals surface area contributed by atoms with E-state index in [0.29, 0.717) is 13.0 Å². The van der Waals surface area contributed by atoms with Crippen molar-refractivity contribution in [1.82, 2.24) is 4.90 Å². The summed E-state index contributed by atoms with van der Waals surface area (Å²) in [5.74, 6) is -0.430. The van der Waals surface area contributed by atoms with Gasteiger partial charge in [-0.3, -0.25) is 14.5 Å². The number of aldehydes is 1. The summed E-state index contributed by atoms with van der Waals surface area (Å²) in [7, 11) is 1.00. The highest BCUT2D eigenvalue weighted by Crippen LogP contribution is 2.07. The molecule has 0 spiro atoms. The topological polar surface area (TPSA) is 74.7 Å². The Morgan fingerprint density at radius 1 is 1.06 bits per heavy atom. The number of carbonyl (C=O) groups is 3. The Morgan fingerprint density at radius 2 is 1.59 bits per heavy atom. The number of unbranched alkanes of at least 4 members (excludes halogenated alkanes) is 4. The molecule has 5 nitrogen and oxygen atoms in total. The normalized spacial score (nSPS) is 13.6. The zero-order valence-corrected chi connectivity index (χ0v) is 10.1. The fraction of sp³-hybridized carbons (Fsp3) is 0.583. The fourth-order valence-electron chi connectivity index (χ4n) is 1.50. The van der Waals surface area contributed by atoms with Crippen molar-refractivity contribution < 1.29 is 19.5 Å². The Hall–Kier alpha value is -1.49. The van der Waals surface area contributed by atoms with Gasteiger partial charge in [0.1, 0.15) is 6.29 Å². The van der Waals surface area contributed by atoms with Crippen LogP contribution in [0.15, 0.2) is 12.2 Å². The molecule has 0 aromatic rings. The summed E-state index contributed by atoms with van der Waals surface area (Å²) in [6.07, 6.45) is 7.75. The molecule has 1 aliphatic heterocycles. The maximum Gasteiger partial charge on any atom is 0.253 e. The van der Waals surface area contributed by atoms with E-state index in [4.69, 9.17) is 5.11 Å². The number of carbonyl (C=O) groups excluding carboxylic acids is 3. The number of aliphatic hydroxyl groups is 1.